The zero-order chi connectivity index (χ0) is 34.2. The van der Waals surface area contributed by atoms with Gasteiger partial charge in [-0.3, -0.25) is 5.32 Å². The van der Waals surface area contributed by atoms with Gasteiger partial charge in [0.15, 0.2) is 0 Å². The zero-order valence-corrected chi connectivity index (χ0v) is 28.0. The van der Waals surface area contributed by atoms with Crippen LogP contribution in [-0.4, -0.2) is 5.84 Å². The maximum Gasteiger partial charge on any atom is 0.143 e. The fraction of sp³-hybridized carbons (Fsp3) is 0.0426. The molecule has 1 aliphatic rings. The molecule has 2 unspecified atom stereocenters. The van der Waals surface area contributed by atoms with Gasteiger partial charge in [-0.1, -0.05) is 133 Å². The van der Waals surface area contributed by atoms with E-state index >= 15 is 0 Å². The molecule has 1 aliphatic heterocycles. The molecule has 0 amide bonds. The average molecular weight is 670 g/mol. The van der Waals surface area contributed by atoms with E-state index in [-0.39, 0.29) is 12.3 Å². The van der Waals surface area contributed by atoms with Crippen molar-refractivity contribution < 1.29 is 8.83 Å². The number of amidine groups is 1. The molecule has 2 aromatic heterocycles. The maximum atomic E-state index is 6.97. The molecule has 0 spiro atoms. The van der Waals surface area contributed by atoms with E-state index in [1.165, 1.54) is 16.2 Å². The fourth-order valence-electron chi connectivity index (χ4n) is 8.05. The average Bonchev–Trinajstić information content (AvgIpc) is 3.78. The molecule has 11 rings (SSSR count). The Labute approximate surface area is 298 Å². The molecule has 52 heavy (non-hydrogen) atoms. The summed E-state index contributed by atoms with van der Waals surface area (Å²) >= 11 is 0. The number of hydrogen-bond donors (Lipinski definition) is 2. The van der Waals surface area contributed by atoms with E-state index in [0.29, 0.717) is 0 Å². The van der Waals surface area contributed by atoms with Crippen molar-refractivity contribution in [3.8, 4) is 11.1 Å². The third kappa shape index (κ3) is 4.57. The lowest BCUT2D eigenvalue weighted by atomic mass is 9.93. The Morgan fingerprint density at radius 3 is 2.08 bits per heavy atom. The lowest BCUT2D eigenvalue weighted by molar-refractivity contribution is 0.411. The minimum absolute atomic E-state index is 0.279. The molecule has 0 saturated carbocycles. The van der Waals surface area contributed by atoms with Crippen LogP contribution in [0.2, 0.25) is 0 Å². The van der Waals surface area contributed by atoms with Gasteiger partial charge >= 0.3 is 0 Å². The zero-order valence-electron chi connectivity index (χ0n) is 28.0. The van der Waals surface area contributed by atoms with E-state index in [1.807, 2.05) is 24.3 Å². The van der Waals surface area contributed by atoms with Gasteiger partial charge in [0.2, 0.25) is 0 Å². The van der Waals surface area contributed by atoms with Gasteiger partial charge in [0, 0.05) is 38.2 Å². The molecule has 2 N–H and O–H groups in total. The van der Waals surface area contributed by atoms with Gasteiger partial charge in [-0.25, -0.2) is 4.99 Å². The highest BCUT2D eigenvalue weighted by atomic mass is 16.3. The van der Waals surface area contributed by atoms with Crippen LogP contribution >= 0.6 is 0 Å². The molecular weight excluding hydrogens is 639 g/mol. The molecule has 10 aromatic rings. The van der Waals surface area contributed by atoms with Crippen LogP contribution in [0, 0.1) is 0 Å². The fourth-order valence-corrected chi connectivity index (χ4v) is 8.05. The second-order valence-corrected chi connectivity index (χ2v) is 13.6. The van der Waals surface area contributed by atoms with E-state index < -0.39 is 0 Å². The summed E-state index contributed by atoms with van der Waals surface area (Å²) in [5, 5.41) is 16.7. The monoisotopic (exact) mass is 669 g/mol. The van der Waals surface area contributed by atoms with Gasteiger partial charge in [-0.15, -0.1) is 0 Å². The molecule has 0 radical (unpaired) electrons. The number of para-hydroxylation sites is 1. The van der Waals surface area contributed by atoms with E-state index in [9.17, 15) is 0 Å². The van der Waals surface area contributed by atoms with Crippen LogP contribution < -0.4 is 10.6 Å². The topological polar surface area (TPSA) is 62.7 Å². The van der Waals surface area contributed by atoms with E-state index in [1.54, 1.807) is 0 Å². The molecule has 0 aliphatic carbocycles. The van der Waals surface area contributed by atoms with E-state index in [0.717, 1.165) is 82.9 Å². The maximum absolute atomic E-state index is 6.97. The van der Waals surface area contributed by atoms with Gasteiger partial charge in [0.25, 0.3) is 0 Å². The summed E-state index contributed by atoms with van der Waals surface area (Å²) in [6.45, 7) is 0. The molecule has 3 heterocycles. The largest absolute Gasteiger partial charge is 0.456 e. The normalized spacial score (nSPS) is 16.3. The molecule has 0 bridgehead atoms. The third-order valence-corrected chi connectivity index (χ3v) is 10.5. The Morgan fingerprint density at radius 1 is 0.481 bits per heavy atom. The predicted octanol–water partition coefficient (Wildman–Crippen LogP) is 11.8. The minimum Gasteiger partial charge on any atom is -0.456 e. The van der Waals surface area contributed by atoms with Crippen molar-refractivity contribution >= 4 is 71.3 Å². The van der Waals surface area contributed by atoms with Crippen molar-refractivity contribution in [2.24, 2.45) is 4.99 Å². The molecule has 0 saturated heterocycles. The molecule has 246 valence electrons. The summed E-state index contributed by atoms with van der Waals surface area (Å²) in [7, 11) is 0. The van der Waals surface area contributed by atoms with Crippen LogP contribution in [0.3, 0.4) is 0 Å². The van der Waals surface area contributed by atoms with Crippen LogP contribution in [0.15, 0.2) is 178 Å². The van der Waals surface area contributed by atoms with Crippen LogP contribution in [0.1, 0.15) is 29.0 Å². The van der Waals surface area contributed by atoms with Gasteiger partial charge in [-0.2, -0.15) is 0 Å². The minimum atomic E-state index is -0.286. The first-order chi connectivity index (χ1) is 25.7. The van der Waals surface area contributed by atoms with E-state index in [2.05, 4.69) is 150 Å². The van der Waals surface area contributed by atoms with Crippen LogP contribution in [0.5, 0.6) is 0 Å². The van der Waals surface area contributed by atoms with Crippen molar-refractivity contribution in [2.45, 2.75) is 12.3 Å². The number of aliphatic imine (C=N–C) groups is 1. The van der Waals surface area contributed by atoms with Gasteiger partial charge in [0.1, 0.15) is 40.5 Å². The summed E-state index contributed by atoms with van der Waals surface area (Å²) in [6.07, 6.45) is -0.565. The highest BCUT2D eigenvalue weighted by Crippen LogP contribution is 2.45. The summed E-state index contributed by atoms with van der Waals surface area (Å²) < 4.78 is 13.3. The number of rotatable bonds is 4. The predicted molar refractivity (Wildman–Crippen MR) is 213 cm³/mol. The van der Waals surface area contributed by atoms with Crippen LogP contribution in [0.4, 0.5) is 0 Å². The Morgan fingerprint density at radius 2 is 1.21 bits per heavy atom. The molecule has 5 heteroatoms. The van der Waals surface area contributed by atoms with Crippen molar-refractivity contribution in [1.82, 2.24) is 10.6 Å². The number of nitrogens with one attached hydrogen (secondary N) is 2. The van der Waals surface area contributed by atoms with Crippen molar-refractivity contribution in [2.75, 3.05) is 0 Å². The first kappa shape index (κ1) is 29.1. The second-order valence-electron chi connectivity index (χ2n) is 13.6. The molecular formula is C47H31N3O2. The van der Waals surface area contributed by atoms with Gasteiger partial charge in [0.05, 0.1) is 0 Å². The number of benzene rings is 8. The Balaban J connectivity index is 1.15. The molecule has 5 nitrogen and oxygen atoms in total. The molecule has 0 fully saturated rings. The smallest absolute Gasteiger partial charge is 0.143 e. The summed E-state index contributed by atoms with van der Waals surface area (Å²) in [5.41, 5.74) is 8.75. The number of furan rings is 2. The Hall–Kier alpha value is -6.69. The number of nitrogens with zero attached hydrogens (tertiary/aromatic N) is 1. The van der Waals surface area contributed by atoms with Crippen molar-refractivity contribution in [3.63, 3.8) is 0 Å². The highest BCUT2D eigenvalue weighted by molar-refractivity contribution is 6.19. The molecule has 8 aromatic carbocycles. The van der Waals surface area contributed by atoms with Crippen molar-refractivity contribution in [3.05, 3.63) is 180 Å². The van der Waals surface area contributed by atoms with Gasteiger partial charge < -0.3 is 14.2 Å². The summed E-state index contributed by atoms with van der Waals surface area (Å²) in [6, 6.07) is 57.4. The second kappa shape index (κ2) is 11.4. The Bertz CT molecular complexity index is 3050. The van der Waals surface area contributed by atoms with Crippen LogP contribution in [-0.2, 0) is 0 Å². The lowest BCUT2D eigenvalue weighted by Gasteiger charge is -2.32. The van der Waals surface area contributed by atoms with Gasteiger partial charge in [-0.05, 0) is 63.0 Å². The number of hydrogen-bond acceptors (Lipinski definition) is 5. The van der Waals surface area contributed by atoms with Crippen LogP contribution in [0.25, 0.3) is 76.5 Å². The summed E-state index contributed by atoms with van der Waals surface area (Å²) in [5.74, 6) is 0.840. The molecule has 2 atom stereocenters. The standard InChI is InChI=1S/C47H31N3O2/c1-2-12-29(13-3-1)45-48-46(33-22-21-28-11-4-5-14-30(28)25-33)50-47(49-45)37-24-23-35(34-18-10-20-40-42(34)36-17-8-9-19-39(36)51-40)44-43(37)38-26-31-15-6-7-16-32(31)27-41(38)52-44/h1-27,46-47,50H,(H,48,49). The van der Waals surface area contributed by atoms with Crippen molar-refractivity contribution in [1.29, 1.82) is 0 Å². The van der Waals surface area contributed by atoms with E-state index in [4.69, 9.17) is 13.8 Å². The SMILES string of the molecule is c1ccc(C2=NC(c3ccc4ccccc4c3)NC(c3ccc(-c4cccc5oc6ccccc6c45)c4oc5cc6ccccc6cc5c34)N2)cc1. The first-order valence-electron chi connectivity index (χ1n) is 17.7. The highest BCUT2D eigenvalue weighted by Gasteiger charge is 2.29. The Kier molecular flexibility index (Phi) is 6.39. The lowest BCUT2D eigenvalue weighted by Crippen LogP contribution is -2.45. The first-order valence-corrected chi connectivity index (χ1v) is 17.7. The quantitative estimate of drug-likeness (QED) is 0.196. The number of fused-ring (bicyclic) bond motifs is 8. The third-order valence-electron chi connectivity index (χ3n) is 10.5. The summed E-state index contributed by atoms with van der Waals surface area (Å²) in [4.78, 5) is 5.26.